The number of amides is 1. The van der Waals surface area contributed by atoms with Gasteiger partial charge in [-0.3, -0.25) is 4.79 Å². The summed E-state index contributed by atoms with van der Waals surface area (Å²) in [4.78, 5) is 12.2. The summed E-state index contributed by atoms with van der Waals surface area (Å²) in [5, 5.41) is 2.81. The van der Waals surface area contributed by atoms with Crippen molar-refractivity contribution in [3.05, 3.63) is 63.9 Å². The zero-order chi connectivity index (χ0) is 15.2. The molecule has 3 nitrogen and oxygen atoms in total. The molecule has 0 fully saturated rings. The number of halogens is 2. The minimum Gasteiger partial charge on any atom is -0.384 e. The van der Waals surface area contributed by atoms with Gasteiger partial charge in [0.25, 0.3) is 5.91 Å². The summed E-state index contributed by atoms with van der Waals surface area (Å²) in [6.07, 6.45) is 0.696. The molecule has 0 radical (unpaired) electrons. The highest BCUT2D eigenvalue weighted by Crippen LogP contribution is 2.19. The zero-order valence-corrected chi connectivity index (χ0v) is 13.1. The number of nitrogens with one attached hydrogen (secondary N) is 1. The summed E-state index contributed by atoms with van der Waals surface area (Å²) in [5.41, 5.74) is 1.96. The second-order valence-electron chi connectivity index (χ2n) is 4.48. The Kier molecular flexibility index (Phi) is 5.47. The van der Waals surface area contributed by atoms with E-state index in [0.717, 1.165) is 5.56 Å². The van der Waals surface area contributed by atoms with E-state index in [2.05, 4.69) is 21.2 Å². The Labute approximate surface area is 131 Å². The summed E-state index contributed by atoms with van der Waals surface area (Å²) in [6, 6.07) is 11.8. The number of ether oxygens (including phenoxy) is 1. The Morgan fingerprint density at radius 3 is 2.76 bits per heavy atom. The molecule has 0 spiro atoms. The van der Waals surface area contributed by atoms with Gasteiger partial charge in [-0.1, -0.05) is 18.2 Å². The Bertz CT molecular complexity index is 646. The SMILES string of the molecule is COCCc1ccccc1NC(=O)c1ccc(Br)c(F)c1. The Hall–Kier alpha value is -1.72. The molecule has 0 aliphatic rings. The van der Waals surface area contributed by atoms with Crippen molar-refractivity contribution in [3.63, 3.8) is 0 Å². The van der Waals surface area contributed by atoms with E-state index < -0.39 is 5.82 Å². The molecule has 21 heavy (non-hydrogen) atoms. The molecule has 2 rings (SSSR count). The number of methoxy groups -OCH3 is 1. The predicted octanol–water partition coefficient (Wildman–Crippen LogP) is 4.03. The Morgan fingerprint density at radius 2 is 2.05 bits per heavy atom. The summed E-state index contributed by atoms with van der Waals surface area (Å²) in [7, 11) is 1.63. The van der Waals surface area contributed by atoms with Crippen LogP contribution in [0.5, 0.6) is 0 Å². The van der Waals surface area contributed by atoms with Crippen LogP contribution in [-0.4, -0.2) is 19.6 Å². The molecule has 0 aromatic heterocycles. The van der Waals surface area contributed by atoms with Crippen LogP contribution in [-0.2, 0) is 11.2 Å². The van der Waals surface area contributed by atoms with E-state index in [1.54, 1.807) is 13.2 Å². The third kappa shape index (κ3) is 4.12. The van der Waals surface area contributed by atoms with Crippen molar-refractivity contribution < 1.29 is 13.9 Å². The molecule has 0 atom stereocenters. The third-order valence-corrected chi connectivity index (χ3v) is 3.67. The van der Waals surface area contributed by atoms with Crippen LogP contribution in [0.2, 0.25) is 0 Å². The van der Waals surface area contributed by atoms with Crippen LogP contribution in [0, 0.1) is 5.82 Å². The van der Waals surface area contributed by atoms with E-state index in [0.29, 0.717) is 23.2 Å². The summed E-state index contributed by atoms with van der Waals surface area (Å²) >= 11 is 3.06. The molecule has 0 heterocycles. The number of anilines is 1. The van der Waals surface area contributed by atoms with E-state index >= 15 is 0 Å². The van der Waals surface area contributed by atoms with Crippen LogP contribution in [0.3, 0.4) is 0 Å². The fraction of sp³-hybridized carbons (Fsp3) is 0.188. The summed E-state index contributed by atoms with van der Waals surface area (Å²) in [6.45, 7) is 0.569. The van der Waals surface area contributed by atoms with Gasteiger partial charge in [0.2, 0.25) is 0 Å². The molecule has 0 aliphatic heterocycles. The molecule has 0 saturated heterocycles. The number of carbonyl (C=O) groups is 1. The first-order valence-corrected chi connectivity index (χ1v) is 7.24. The van der Waals surface area contributed by atoms with Crippen molar-refractivity contribution in [2.45, 2.75) is 6.42 Å². The van der Waals surface area contributed by atoms with Gasteiger partial charge in [-0.25, -0.2) is 4.39 Å². The lowest BCUT2D eigenvalue weighted by Crippen LogP contribution is -2.14. The normalized spacial score (nSPS) is 10.4. The lowest BCUT2D eigenvalue weighted by molar-refractivity contribution is 0.102. The van der Waals surface area contributed by atoms with Crippen LogP contribution < -0.4 is 5.32 Å². The maximum atomic E-state index is 13.5. The second kappa shape index (κ2) is 7.33. The smallest absolute Gasteiger partial charge is 0.255 e. The monoisotopic (exact) mass is 351 g/mol. The maximum Gasteiger partial charge on any atom is 0.255 e. The van der Waals surface area contributed by atoms with E-state index in [4.69, 9.17) is 4.74 Å². The summed E-state index contributed by atoms with van der Waals surface area (Å²) in [5.74, 6) is -0.804. The van der Waals surface area contributed by atoms with Crippen molar-refractivity contribution in [1.82, 2.24) is 0 Å². The molecule has 5 heteroatoms. The maximum absolute atomic E-state index is 13.5. The second-order valence-corrected chi connectivity index (χ2v) is 5.34. The van der Waals surface area contributed by atoms with Gasteiger partial charge in [-0.15, -0.1) is 0 Å². The largest absolute Gasteiger partial charge is 0.384 e. The fourth-order valence-electron chi connectivity index (χ4n) is 1.90. The fourth-order valence-corrected chi connectivity index (χ4v) is 2.15. The van der Waals surface area contributed by atoms with Crippen molar-refractivity contribution >= 4 is 27.5 Å². The van der Waals surface area contributed by atoms with E-state index in [-0.39, 0.29) is 11.5 Å². The first-order chi connectivity index (χ1) is 10.1. The number of hydrogen-bond acceptors (Lipinski definition) is 2. The first-order valence-electron chi connectivity index (χ1n) is 6.45. The van der Waals surface area contributed by atoms with Crippen molar-refractivity contribution in [3.8, 4) is 0 Å². The molecule has 0 aliphatic carbocycles. The molecule has 1 N–H and O–H groups in total. The van der Waals surface area contributed by atoms with Crippen LogP contribution in [0.15, 0.2) is 46.9 Å². The number of benzene rings is 2. The molecular formula is C16H15BrFNO2. The van der Waals surface area contributed by atoms with E-state index in [1.807, 2.05) is 24.3 Å². The van der Waals surface area contributed by atoms with E-state index in [9.17, 15) is 9.18 Å². The predicted molar refractivity (Wildman–Crippen MR) is 84.1 cm³/mol. The highest BCUT2D eigenvalue weighted by atomic mass is 79.9. The van der Waals surface area contributed by atoms with Crippen LogP contribution in [0.1, 0.15) is 15.9 Å². The Balaban J connectivity index is 2.17. The molecule has 0 saturated carbocycles. The van der Waals surface area contributed by atoms with E-state index in [1.165, 1.54) is 12.1 Å². The number of hydrogen-bond donors (Lipinski definition) is 1. The zero-order valence-electron chi connectivity index (χ0n) is 11.5. The standard InChI is InChI=1S/C16H15BrFNO2/c1-21-9-8-11-4-2-3-5-15(11)19-16(20)12-6-7-13(17)14(18)10-12/h2-7,10H,8-9H2,1H3,(H,19,20). The van der Waals surface area contributed by atoms with Crippen molar-refractivity contribution in [2.75, 3.05) is 19.0 Å². The van der Waals surface area contributed by atoms with Crippen LogP contribution in [0.4, 0.5) is 10.1 Å². The molecular weight excluding hydrogens is 337 g/mol. The van der Waals surface area contributed by atoms with Crippen LogP contribution in [0.25, 0.3) is 0 Å². The van der Waals surface area contributed by atoms with Gasteiger partial charge in [0.15, 0.2) is 0 Å². The number of para-hydroxylation sites is 1. The van der Waals surface area contributed by atoms with Crippen molar-refractivity contribution in [2.24, 2.45) is 0 Å². The molecule has 0 bridgehead atoms. The Morgan fingerprint density at radius 1 is 1.29 bits per heavy atom. The number of carbonyl (C=O) groups excluding carboxylic acids is 1. The highest BCUT2D eigenvalue weighted by molar-refractivity contribution is 9.10. The first kappa shape index (κ1) is 15.7. The molecule has 1 amide bonds. The lowest BCUT2D eigenvalue weighted by atomic mass is 10.1. The third-order valence-electron chi connectivity index (χ3n) is 3.02. The van der Waals surface area contributed by atoms with Gasteiger partial charge in [0, 0.05) is 18.4 Å². The van der Waals surface area contributed by atoms with Crippen LogP contribution >= 0.6 is 15.9 Å². The minimum absolute atomic E-state index is 0.275. The lowest BCUT2D eigenvalue weighted by Gasteiger charge is -2.11. The molecule has 110 valence electrons. The quantitative estimate of drug-likeness (QED) is 0.882. The highest BCUT2D eigenvalue weighted by Gasteiger charge is 2.11. The van der Waals surface area contributed by atoms with Gasteiger partial charge < -0.3 is 10.1 Å². The van der Waals surface area contributed by atoms with Gasteiger partial charge in [0.05, 0.1) is 11.1 Å². The van der Waals surface area contributed by atoms with Gasteiger partial charge in [-0.05, 0) is 52.2 Å². The van der Waals surface area contributed by atoms with Crippen molar-refractivity contribution in [1.29, 1.82) is 0 Å². The topological polar surface area (TPSA) is 38.3 Å². The minimum atomic E-state index is -0.463. The average molecular weight is 352 g/mol. The molecule has 0 unspecified atom stereocenters. The summed E-state index contributed by atoms with van der Waals surface area (Å²) < 4.78 is 18.9. The van der Waals surface area contributed by atoms with Gasteiger partial charge >= 0.3 is 0 Å². The van der Waals surface area contributed by atoms with Gasteiger partial charge in [0.1, 0.15) is 5.82 Å². The molecule has 2 aromatic carbocycles. The number of rotatable bonds is 5. The molecule has 2 aromatic rings. The van der Waals surface area contributed by atoms with Gasteiger partial charge in [-0.2, -0.15) is 0 Å². The average Bonchev–Trinajstić information content (AvgIpc) is 2.49.